The minimum Gasteiger partial charge on any atom is -0.396 e. The van der Waals surface area contributed by atoms with Gasteiger partial charge in [-0.15, -0.1) is 0 Å². The van der Waals surface area contributed by atoms with E-state index in [0.29, 0.717) is 12.5 Å². The minimum atomic E-state index is 0.158. The first kappa shape index (κ1) is 9.47. The zero-order valence-electron chi connectivity index (χ0n) is 8.48. The lowest BCUT2D eigenvalue weighted by atomic mass is 10.1. The van der Waals surface area contributed by atoms with Crippen molar-refractivity contribution in [3.8, 4) is 0 Å². The van der Waals surface area contributed by atoms with Gasteiger partial charge in [-0.3, -0.25) is 0 Å². The fourth-order valence-corrected chi connectivity index (χ4v) is 1.72. The van der Waals surface area contributed by atoms with Crippen molar-refractivity contribution in [2.24, 2.45) is 11.3 Å². The summed E-state index contributed by atoms with van der Waals surface area (Å²) in [5.41, 5.74) is 1.39. The van der Waals surface area contributed by atoms with Crippen LogP contribution in [0.3, 0.4) is 0 Å². The van der Waals surface area contributed by atoms with E-state index < -0.39 is 0 Å². The molecule has 1 aliphatic carbocycles. The molecular formula is C13H16O. The Morgan fingerprint density at radius 3 is 2.71 bits per heavy atom. The molecule has 1 fully saturated rings. The molecule has 2 atom stereocenters. The summed E-state index contributed by atoms with van der Waals surface area (Å²) in [5.74, 6) is 0.563. The number of hydrogen-bond acceptors (Lipinski definition) is 1. The molecule has 14 heavy (non-hydrogen) atoms. The van der Waals surface area contributed by atoms with Crippen LogP contribution < -0.4 is 0 Å². The molecule has 2 unspecified atom stereocenters. The Kier molecular flexibility index (Phi) is 2.42. The maximum Gasteiger partial charge on any atom is 0.0490 e. The maximum atomic E-state index is 9.10. The molecule has 0 aliphatic heterocycles. The average Bonchev–Trinajstić information content (AvgIpc) is 2.90. The molecule has 1 aromatic rings. The fraction of sp³-hybridized carbons (Fsp3) is 0.385. The van der Waals surface area contributed by atoms with E-state index in [2.05, 4.69) is 31.2 Å². The lowest BCUT2D eigenvalue weighted by Crippen LogP contribution is -2.02. The van der Waals surface area contributed by atoms with Gasteiger partial charge in [0, 0.05) is 6.61 Å². The van der Waals surface area contributed by atoms with Gasteiger partial charge in [-0.05, 0) is 23.3 Å². The highest BCUT2D eigenvalue weighted by Crippen LogP contribution is 2.52. The lowest BCUT2D eigenvalue weighted by Gasteiger charge is -2.01. The standard InChI is InChI=1S/C13H16O/c1-13(10-14)9-12(13)8-7-11-5-3-2-4-6-11/h2-8,12,14H,9-10H2,1H3/b8-7+. The van der Waals surface area contributed by atoms with Crippen LogP contribution in [-0.4, -0.2) is 11.7 Å². The monoisotopic (exact) mass is 188 g/mol. The van der Waals surface area contributed by atoms with Gasteiger partial charge in [-0.1, -0.05) is 49.4 Å². The molecule has 0 amide bonds. The molecule has 0 aromatic heterocycles. The second-order valence-electron chi connectivity index (χ2n) is 4.39. The van der Waals surface area contributed by atoms with Crippen molar-refractivity contribution in [2.75, 3.05) is 6.61 Å². The molecule has 0 heterocycles. The van der Waals surface area contributed by atoms with Crippen LogP contribution >= 0.6 is 0 Å². The van der Waals surface area contributed by atoms with Gasteiger partial charge in [-0.2, -0.15) is 0 Å². The fourth-order valence-electron chi connectivity index (χ4n) is 1.72. The summed E-state index contributed by atoms with van der Waals surface area (Å²) in [4.78, 5) is 0. The third kappa shape index (κ3) is 1.88. The molecule has 0 saturated heterocycles. The van der Waals surface area contributed by atoms with E-state index in [1.54, 1.807) is 0 Å². The molecule has 0 bridgehead atoms. The van der Waals surface area contributed by atoms with Crippen LogP contribution in [0.5, 0.6) is 0 Å². The Bertz CT molecular complexity index is 328. The molecule has 1 aromatic carbocycles. The summed E-state index contributed by atoms with van der Waals surface area (Å²) in [6, 6.07) is 10.3. The highest BCUT2D eigenvalue weighted by atomic mass is 16.3. The van der Waals surface area contributed by atoms with Crippen molar-refractivity contribution in [1.29, 1.82) is 0 Å². The molecule has 1 N–H and O–H groups in total. The van der Waals surface area contributed by atoms with Gasteiger partial charge >= 0.3 is 0 Å². The number of hydrogen-bond donors (Lipinski definition) is 1. The third-order valence-corrected chi connectivity index (χ3v) is 3.10. The summed E-state index contributed by atoms with van der Waals surface area (Å²) in [6.07, 6.45) is 5.48. The van der Waals surface area contributed by atoms with Gasteiger partial charge in [0.2, 0.25) is 0 Å². The van der Waals surface area contributed by atoms with Crippen LogP contribution in [-0.2, 0) is 0 Å². The summed E-state index contributed by atoms with van der Waals surface area (Å²) in [6.45, 7) is 2.43. The van der Waals surface area contributed by atoms with E-state index in [1.807, 2.05) is 18.2 Å². The summed E-state index contributed by atoms with van der Waals surface area (Å²) < 4.78 is 0. The lowest BCUT2D eigenvalue weighted by molar-refractivity contribution is 0.217. The van der Waals surface area contributed by atoms with Crippen LogP contribution in [0, 0.1) is 11.3 Å². The number of rotatable bonds is 3. The number of aliphatic hydroxyl groups is 1. The Morgan fingerprint density at radius 1 is 1.43 bits per heavy atom. The van der Waals surface area contributed by atoms with Crippen molar-refractivity contribution in [1.82, 2.24) is 0 Å². The van der Waals surface area contributed by atoms with Gasteiger partial charge < -0.3 is 5.11 Å². The predicted octanol–water partition coefficient (Wildman–Crippen LogP) is 2.72. The molecule has 1 aliphatic rings. The first-order valence-corrected chi connectivity index (χ1v) is 5.09. The number of benzene rings is 1. The smallest absolute Gasteiger partial charge is 0.0490 e. The maximum absolute atomic E-state index is 9.10. The van der Waals surface area contributed by atoms with Crippen molar-refractivity contribution in [3.63, 3.8) is 0 Å². The van der Waals surface area contributed by atoms with Crippen LogP contribution in [0.25, 0.3) is 6.08 Å². The van der Waals surface area contributed by atoms with E-state index in [4.69, 9.17) is 5.11 Å². The third-order valence-electron chi connectivity index (χ3n) is 3.10. The van der Waals surface area contributed by atoms with Gasteiger partial charge in [0.1, 0.15) is 0 Å². The van der Waals surface area contributed by atoms with Crippen molar-refractivity contribution in [3.05, 3.63) is 42.0 Å². The zero-order valence-corrected chi connectivity index (χ0v) is 8.48. The topological polar surface area (TPSA) is 20.2 Å². The number of aliphatic hydroxyl groups excluding tert-OH is 1. The zero-order chi connectivity index (χ0) is 10.0. The van der Waals surface area contributed by atoms with E-state index in [1.165, 1.54) is 5.56 Å². The van der Waals surface area contributed by atoms with Crippen molar-refractivity contribution in [2.45, 2.75) is 13.3 Å². The predicted molar refractivity (Wildman–Crippen MR) is 58.8 cm³/mol. The molecule has 1 nitrogen and oxygen atoms in total. The molecule has 1 heteroatoms. The van der Waals surface area contributed by atoms with Gasteiger partial charge in [0.25, 0.3) is 0 Å². The molecule has 0 spiro atoms. The first-order chi connectivity index (χ1) is 6.74. The van der Waals surface area contributed by atoms with Crippen LogP contribution in [0.1, 0.15) is 18.9 Å². The second kappa shape index (κ2) is 3.58. The average molecular weight is 188 g/mol. The molecule has 0 radical (unpaired) electrons. The molecule has 1 saturated carbocycles. The van der Waals surface area contributed by atoms with Crippen LogP contribution in [0.15, 0.2) is 36.4 Å². The molecule has 74 valence electrons. The summed E-state index contributed by atoms with van der Waals surface area (Å²) >= 11 is 0. The Morgan fingerprint density at radius 2 is 2.14 bits per heavy atom. The Balaban J connectivity index is 1.97. The SMILES string of the molecule is CC1(CO)CC1/C=C/c1ccccc1. The highest BCUT2D eigenvalue weighted by molar-refractivity contribution is 5.50. The Hall–Kier alpha value is -1.08. The molecule has 2 rings (SSSR count). The van der Waals surface area contributed by atoms with E-state index in [-0.39, 0.29) is 5.41 Å². The quantitative estimate of drug-likeness (QED) is 0.773. The van der Waals surface area contributed by atoms with Gasteiger partial charge in [0.15, 0.2) is 0 Å². The normalized spacial score (nSPS) is 30.9. The van der Waals surface area contributed by atoms with E-state index >= 15 is 0 Å². The van der Waals surface area contributed by atoms with Gasteiger partial charge in [-0.25, -0.2) is 0 Å². The van der Waals surface area contributed by atoms with Crippen molar-refractivity contribution >= 4 is 6.08 Å². The van der Waals surface area contributed by atoms with Crippen LogP contribution in [0.2, 0.25) is 0 Å². The minimum absolute atomic E-state index is 0.158. The largest absolute Gasteiger partial charge is 0.396 e. The van der Waals surface area contributed by atoms with Crippen molar-refractivity contribution < 1.29 is 5.11 Å². The molecular weight excluding hydrogens is 172 g/mol. The van der Waals surface area contributed by atoms with Gasteiger partial charge in [0.05, 0.1) is 0 Å². The number of allylic oxidation sites excluding steroid dienone is 1. The first-order valence-electron chi connectivity index (χ1n) is 5.09. The van der Waals surface area contributed by atoms with E-state index in [9.17, 15) is 0 Å². The Labute approximate surface area is 85.1 Å². The summed E-state index contributed by atoms with van der Waals surface area (Å²) in [5, 5.41) is 9.10. The summed E-state index contributed by atoms with van der Waals surface area (Å²) in [7, 11) is 0. The van der Waals surface area contributed by atoms with E-state index in [0.717, 1.165) is 6.42 Å². The van der Waals surface area contributed by atoms with Crippen LogP contribution in [0.4, 0.5) is 0 Å². The highest BCUT2D eigenvalue weighted by Gasteiger charge is 2.47. The second-order valence-corrected chi connectivity index (χ2v) is 4.39.